The number of halogens is 1. The molecule has 17 heavy (non-hydrogen) atoms. The van der Waals surface area contributed by atoms with Gasteiger partial charge in [0, 0.05) is 16.1 Å². The van der Waals surface area contributed by atoms with Crippen LogP contribution in [-0.2, 0) is 0 Å². The molecule has 0 unspecified atom stereocenters. The number of rotatable bonds is 1. The highest BCUT2D eigenvalue weighted by molar-refractivity contribution is 9.10. The molecule has 7 heteroatoms. The van der Waals surface area contributed by atoms with Crippen molar-refractivity contribution in [3.8, 4) is 0 Å². The fraction of sp³-hybridized carbons (Fsp3) is 0.100. The van der Waals surface area contributed by atoms with Crippen LogP contribution >= 0.6 is 15.9 Å². The van der Waals surface area contributed by atoms with Crippen molar-refractivity contribution in [2.24, 2.45) is 0 Å². The van der Waals surface area contributed by atoms with Gasteiger partial charge in [-0.2, -0.15) is 0 Å². The Morgan fingerprint density at radius 2 is 2.29 bits per heavy atom. The largest absolute Gasteiger partial charge is 0.477 e. The lowest BCUT2D eigenvalue weighted by Crippen LogP contribution is -1.95. The highest BCUT2D eigenvalue weighted by Crippen LogP contribution is 2.27. The number of carboxylic acid groups (broad SMARTS) is 1. The zero-order chi connectivity index (χ0) is 12.2. The summed E-state index contributed by atoms with van der Waals surface area (Å²) in [6.07, 6.45) is 1.83. The van der Waals surface area contributed by atoms with E-state index in [-0.39, 0.29) is 5.69 Å². The number of nitrogens with one attached hydrogen (secondary N) is 1. The fourth-order valence-corrected chi connectivity index (χ4v) is 2.33. The van der Waals surface area contributed by atoms with E-state index in [1.165, 1.54) is 0 Å². The summed E-state index contributed by atoms with van der Waals surface area (Å²) in [5, 5.41) is 17.7. The van der Waals surface area contributed by atoms with E-state index in [1.54, 1.807) is 10.5 Å². The molecule has 0 saturated heterocycles. The molecule has 0 spiro atoms. The molecule has 0 atom stereocenters. The first-order chi connectivity index (χ1) is 8.08. The number of nitrogens with zero attached hydrogens (tertiary/aromatic N) is 3. The van der Waals surface area contributed by atoms with Crippen LogP contribution < -0.4 is 0 Å². The van der Waals surface area contributed by atoms with Crippen molar-refractivity contribution in [3.63, 3.8) is 0 Å². The van der Waals surface area contributed by atoms with Crippen LogP contribution in [0.25, 0.3) is 16.6 Å². The SMILES string of the molecule is Cc1nnc2c3[nH]c(C(=O)O)cc3c(Br)cn12. The van der Waals surface area contributed by atoms with Crippen LogP contribution in [0.4, 0.5) is 0 Å². The average Bonchev–Trinajstić information content (AvgIpc) is 2.84. The van der Waals surface area contributed by atoms with E-state index in [4.69, 9.17) is 5.11 Å². The third-order valence-electron chi connectivity index (χ3n) is 2.64. The third-order valence-corrected chi connectivity index (χ3v) is 3.27. The Labute approximate surface area is 103 Å². The quantitative estimate of drug-likeness (QED) is 0.719. The number of carboxylic acids is 1. The van der Waals surface area contributed by atoms with Crippen molar-refractivity contribution in [2.75, 3.05) is 0 Å². The van der Waals surface area contributed by atoms with Gasteiger partial charge < -0.3 is 10.1 Å². The Morgan fingerprint density at radius 3 is 3.00 bits per heavy atom. The number of aromatic nitrogens is 4. The molecule has 0 aliphatic heterocycles. The predicted octanol–water partition coefficient (Wildman–Crippen LogP) is 1.98. The second-order valence-electron chi connectivity index (χ2n) is 3.69. The van der Waals surface area contributed by atoms with E-state index >= 15 is 0 Å². The number of pyridine rings is 1. The van der Waals surface area contributed by atoms with Gasteiger partial charge in [-0.25, -0.2) is 4.79 Å². The van der Waals surface area contributed by atoms with Gasteiger partial charge in [-0.05, 0) is 28.9 Å². The number of H-pyrrole nitrogens is 1. The molecule has 2 N–H and O–H groups in total. The topological polar surface area (TPSA) is 83.3 Å². The van der Waals surface area contributed by atoms with Crippen molar-refractivity contribution >= 4 is 38.4 Å². The van der Waals surface area contributed by atoms with Gasteiger partial charge in [0.1, 0.15) is 11.5 Å². The minimum Gasteiger partial charge on any atom is -0.477 e. The molecular formula is C10H7BrN4O2. The lowest BCUT2D eigenvalue weighted by Gasteiger charge is -1.98. The first-order valence-electron chi connectivity index (χ1n) is 4.84. The molecule has 6 nitrogen and oxygen atoms in total. The van der Waals surface area contributed by atoms with E-state index in [2.05, 4.69) is 31.1 Å². The molecule has 86 valence electrons. The average molecular weight is 295 g/mol. The van der Waals surface area contributed by atoms with E-state index in [1.807, 2.05) is 13.1 Å². The smallest absolute Gasteiger partial charge is 0.352 e. The number of hydrogen-bond acceptors (Lipinski definition) is 3. The number of hydrogen-bond donors (Lipinski definition) is 2. The number of fused-ring (bicyclic) bond motifs is 3. The predicted molar refractivity (Wildman–Crippen MR) is 64.2 cm³/mol. The Morgan fingerprint density at radius 1 is 1.53 bits per heavy atom. The van der Waals surface area contributed by atoms with Gasteiger partial charge in [0.15, 0.2) is 5.65 Å². The highest BCUT2D eigenvalue weighted by atomic mass is 79.9. The summed E-state index contributed by atoms with van der Waals surface area (Å²) in [7, 11) is 0. The minimum atomic E-state index is -0.998. The molecule has 3 rings (SSSR count). The Kier molecular flexibility index (Phi) is 1.99. The van der Waals surface area contributed by atoms with E-state index in [9.17, 15) is 4.79 Å². The summed E-state index contributed by atoms with van der Waals surface area (Å²) in [6, 6.07) is 1.58. The molecular weight excluding hydrogens is 288 g/mol. The standard InChI is InChI=1S/C10H7BrN4O2/c1-4-13-14-9-8-5(6(11)3-15(4)9)2-7(12-8)10(16)17/h2-3,12H,1H3,(H,16,17). The normalized spacial score (nSPS) is 11.4. The molecule has 0 aromatic carbocycles. The van der Waals surface area contributed by atoms with Crippen LogP contribution in [0, 0.1) is 6.92 Å². The second kappa shape index (κ2) is 3.30. The zero-order valence-electron chi connectivity index (χ0n) is 8.73. The van der Waals surface area contributed by atoms with Crippen molar-refractivity contribution in [1.82, 2.24) is 19.6 Å². The van der Waals surface area contributed by atoms with E-state index < -0.39 is 5.97 Å². The summed E-state index contributed by atoms with van der Waals surface area (Å²) in [4.78, 5) is 13.8. The maximum atomic E-state index is 10.9. The molecule has 0 bridgehead atoms. The molecule has 3 aromatic rings. The number of aromatic amines is 1. The van der Waals surface area contributed by atoms with Gasteiger partial charge in [-0.15, -0.1) is 10.2 Å². The van der Waals surface area contributed by atoms with E-state index in [0.29, 0.717) is 11.2 Å². The van der Waals surface area contributed by atoms with Gasteiger partial charge >= 0.3 is 5.97 Å². The first-order valence-corrected chi connectivity index (χ1v) is 5.63. The lowest BCUT2D eigenvalue weighted by molar-refractivity contribution is 0.0691. The van der Waals surface area contributed by atoms with Gasteiger partial charge in [-0.1, -0.05) is 0 Å². The van der Waals surface area contributed by atoms with Gasteiger partial charge in [0.2, 0.25) is 0 Å². The van der Waals surface area contributed by atoms with Crippen LogP contribution in [0.5, 0.6) is 0 Å². The van der Waals surface area contributed by atoms with Crippen LogP contribution in [0.3, 0.4) is 0 Å². The van der Waals surface area contributed by atoms with Crippen LogP contribution in [0.15, 0.2) is 16.7 Å². The Bertz CT molecular complexity index is 758. The zero-order valence-corrected chi connectivity index (χ0v) is 10.3. The monoisotopic (exact) mass is 294 g/mol. The summed E-state index contributed by atoms with van der Waals surface area (Å²) in [5.74, 6) is -0.253. The van der Waals surface area contributed by atoms with Crippen molar-refractivity contribution in [3.05, 3.63) is 28.3 Å². The molecule has 0 amide bonds. The summed E-state index contributed by atoms with van der Waals surface area (Å²) in [5.41, 5.74) is 1.42. The second-order valence-corrected chi connectivity index (χ2v) is 4.55. The molecule has 3 aromatic heterocycles. The highest BCUT2D eigenvalue weighted by Gasteiger charge is 2.14. The number of aryl methyl sites for hydroxylation is 1. The van der Waals surface area contributed by atoms with Crippen LogP contribution in [0.1, 0.15) is 16.3 Å². The summed E-state index contributed by atoms with van der Waals surface area (Å²) >= 11 is 3.41. The summed E-state index contributed by atoms with van der Waals surface area (Å²) < 4.78 is 2.60. The number of carbonyl (C=O) groups is 1. The van der Waals surface area contributed by atoms with Crippen LogP contribution in [-0.4, -0.2) is 30.7 Å². The molecule has 0 fully saturated rings. The molecule has 0 aliphatic rings. The first kappa shape index (κ1) is 10.3. The molecule has 3 heterocycles. The minimum absolute atomic E-state index is 0.134. The third kappa shape index (κ3) is 1.35. The van der Waals surface area contributed by atoms with Gasteiger partial charge in [-0.3, -0.25) is 4.40 Å². The molecule has 0 saturated carbocycles. The van der Waals surface area contributed by atoms with Crippen LogP contribution in [0.2, 0.25) is 0 Å². The molecule has 0 radical (unpaired) electrons. The van der Waals surface area contributed by atoms with E-state index in [0.717, 1.165) is 15.7 Å². The van der Waals surface area contributed by atoms with Gasteiger partial charge in [0.25, 0.3) is 0 Å². The maximum absolute atomic E-state index is 10.9. The van der Waals surface area contributed by atoms with Crippen molar-refractivity contribution < 1.29 is 9.90 Å². The Hall–Kier alpha value is -1.89. The number of aromatic carboxylic acids is 1. The molecule has 0 aliphatic carbocycles. The van der Waals surface area contributed by atoms with Crippen molar-refractivity contribution in [2.45, 2.75) is 6.92 Å². The van der Waals surface area contributed by atoms with Crippen molar-refractivity contribution in [1.29, 1.82) is 0 Å². The lowest BCUT2D eigenvalue weighted by atomic mass is 10.3. The summed E-state index contributed by atoms with van der Waals surface area (Å²) in [6.45, 7) is 1.83. The fourth-order valence-electron chi connectivity index (χ4n) is 1.81. The maximum Gasteiger partial charge on any atom is 0.352 e. The van der Waals surface area contributed by atoms with Gasteiger partial charge in [0.05, 0.1) is 5.52 Å². The Balaban J connectivity index is 2.51.